The number of anilines is 4. The van der Waals surface area contributed by atoms with Crippen LogP contribution in [0, 0.1) is 10.1 Å². The van der Waals surface area contributed by atoms with Crippen LogP contribution in [-0.4, -0.2) is 64.6 Å². The van der Waals surface area contributed by atoms with E-state index in [2.05, 4.69) is 30.8 Å². The van der Waals surface area contributed by atoms with Crippen LogP contribution in [0.25, 0.3) is 0 Å². The maximum Gasteiger partial charge on any atom is 0.269 e. The quantitative estimate of drug-likeness (QED) is 0.254. The molecular weight excluding hydrogens is 444 g/mol. The molecule has 1 saturated heterocycles. The molecule has 0 bridgehead atoms. The molecule has 0 atom stereocenters. The Morgan fingerprint density at radius 3 is 2.56 bits per heavy atom. The van der Waals surface area contributed by atoms with Gasteiger partial charge in [0.25, 0.3) is 5.69 Å². The molecule has 0 radical (unpaired) electrons. The predicted octanol–water partition coefficient (Wildman–Crippen LogP) is 2.52. The Morgan fingerprint density at radius 1 is 1.15 bits per heavy atom. The van der Waals surface area contributed by atoms with Crippen LogP contribution in [0.2, 0.25) is 0 Å². The minimum absolute atomic E-state index is 0.00389. The largest absolute Gasteiger partial charge is 0.504 e. The molecule has 0 saturated carbocycles. The first-order valence-electron chi connectivity index (χ1n) is 10.3. The Hall–Kier alpha value is -4.52. The van der Waals surface area contributed by atoms with Crippen LogP contribution in [0.5, 0.6) is 11.5 Å². The molecule has 4 rings (SSSR count). The average molecular weight is 466 g/mol. The highest BCUT2D eigenvalue weighted by molar-refractivity contribution is 5.81. The van der Waals surface area contributed by atoms with Crippen molar-refractivity contribution in [2.75, 3.05) is 49.1 Å². The molecule has 1 fully saturated rings. The molecule has 2 heterocycles. The number of nitrogens with zero attached hydrogens (tertiary/aromatic N) is 6. The second kappa shape index (κ2) is 10.4. The Labute approximate surface area is 194 Å². The molecule has 0 amide bonds. The third-order valence-electron chi connectivity index (χ3n) is 4.83. The van der Waals surface area contributed by atoms with E-state index in [4.69, 9.17) is 9.47 Å². The Morgan fingerprint density at radius 2 is 1.88 bits per heavy atom. The number of aromatic hydroxyl groups is 1. The van der Waals surface area contributed by atoms with Gasteiger partial charge in [-0.05, 0) is 35.9 Å². The number of hydrazone groups is 1. The highest BCUT2D eigenvalue weighted by Crippen LogP contribution is 2.25. The van der Waals surface area contributed by atoms with E-state index in [1.54, 1.807) is 24.3 Å². The van der Waals surface area contributed by atoms with Crippen molar-refractivity contribution in [3.05, 3.63) is 58.1 Å². The lowest BCUT2D eigenvalue weighted by molar-refractivity contribution is -0.384. The molecule has 0 aliphatic carbocycles. The van der Waals surface area contributed by atoms with E-state index in [9.17, 15) is 15.2 Å². The monoisotopic (exact) mass is 466 g/mol. The van der Waals surface area contributed by atoms with Crippen molar-refractivity contribution < 1.29 is 19.5 Å². The number of ether oxygens (including phenoxy) is 2. The van der Waals surface area contributed by atoms with Gasteiger partial charge < -0.3 is 24.8 Å². The summed E-state index contributed by atoms with van der Waals surface area (Å²) >= 11 is 0. The van der Waals surface area contributed by atoms with Crippen LogP contribution in [0.1, 0.15) is 5.56 Å². The van der Waals surface area contributed by atoms with E-state index in [0.717, 1.165) is 0 Å². The molecule has 1 aliphatic heterocycles. The zero-order valence-corrected chi connectivity index (χ0v) is 18.2. The highest BCUT2D eigenvalue weighted by atomic mass is 16.6. The molecule has 13 heteroatoms. The van der Waals surface area contributed by atoms with Crippen molar-refractivity contribution in [1.29, 1.82) is 0 Å². The third-order valence-corrected chi connectivity index (χ3v) is 4.83. The van der Waals surface area contributed by atoms with Crippen molar-refractivity contribution in [2.24, 2.45) is 5.10 Å². The summed E-state index contributed by atoms with van der Waals surface area (Å²) in [6, 6.07) is 10.8. The van der Waals surface area contributed by atoms with Crippen molar-refractivity contribution >= 4 is 35.4 Å². The van der Waals surface area contributed by atoms with Crippen molar-refractivity contribution in [2.45, 2.75) is 0 Å². The van der Waals surface area contributed by atoms with Gasteiger partial charge in [-0.1, -0.05) is 0 Å². The lowest BCUT2D eigenvalue weighted by Crippen LogP contribution is -2.37. The smallest absolute Gasteiger partial charge is 0.269 e. The Kier molecular flexibility index (Phi) is 6.93. The van der Waals surface area contributed by atoms with Crippen molar-refractivity contribution in [3.8, 4) is 11.5 Å². The number of phenols is 1. The maximum absolute atomic E-state index is 10.9. The SMILES string of the molecule is COc1ccc(/C=N/Nc2nc(Nc3ccc([N+](=O)[O-])cc3)nc(N3CCOCC3)n2)cc1O. The van der Waals surface area contributed by atoms with Gasteiger partial charge in [-0.25, -0.2) is 5.43 Å². The summed E-state index contributed by atoms with van der Waals surface area (Å²) in [6.45, 7) is 2.35. The summed E-state index contributed by atoms with van der Waals surface area (Å²) < 4.78 is 10.4. The minimum Gasteiger partial charge on any atom is -0.504 e. The molecule has 1 aromatic heterocycles. The Balaban J connectivity index is 1.55. The number of nitro benzene ring substituents is 1. The van der Waals surface area contributed by atoms with E-state index < -0.39 is 4.92 Å². The van der Waals surface area contributed by atoms with Gasteiger partial charge >= 0.3 is 0 Å². The molecule has 13 nitrogen and oxygen atoms in total. The lowest BCUT2D eigenvalue weighted by Gasteiger charge is -2.27. The van der Waals surface area contributed by atoms with Crippen LogP contribution in [-0.2, 0) is 4.74 Å². The average Bonchev–Trinajstić information content (AvgIpc) is 2.85. The third kappa shape index (κ3) is 5.63. The first-order chi connectivity index (χ1) is 16.5. The van der Waals surface area contributed by atoms with E-state index >= 15 is 0 Å². The van der Waals surface area contributed by atoms with Crippen LogP contribution in [0.4, 0.5) is 29.2 Å². The van der Waals surface area contributed by atoms with E-state index in [1.165, 1.54) is 31.5 Å². The van der Waals surface area contributed by atoms with Gasteiger partial charge in [0, 0.05) is 30.9 Å². The van der Waals surface area contributed by atoms with E-state index in [0.29, 0.717) is 49.3 Å². The number of hydrogen-bond donors (Lipinski definition) is 3. The van der Waals surface area contributed by atoms with Gasteiger partial charge in [-0.15, -0.1) is 0 Å². The summed E-state index contributed by atoms with van der Waals surface area (Å²) in [7, 11) is 1.47. The van der Waals surface area contributed by atoms with Gasteiger partial charge in [0.1, 0.15) is 0 Å². The van der Waals surface area contributed by atoms with Gasteiger partial charge in [-0.3, -0.25) is 10.1 Å². The fourth-order valence-corrected chi connectivity index (χ4v) is 3.12. The zero-order chi connectivity index (χ0) is 23.9. The van der Waals surface area contributed by atoms with Crippen LogP contribution < -0.4 is 20.4 Å². The van der Waals surface area contributed by atoms with Crippen LogP contribution in [0.3, 0.4) is 0 Å². The normalized spacial score (nSPS) is 13.6. The molecule has 0 spiro atoms. The zero-order valence-electron chi connectivity index (χ0n) is 18.2. The summed E-state index contributed by atoms with van der Waals surface area (Å²) in [5.74, 6) is 1.22. The van der Waals surface area contributed by atoms with Gasteiger partial charge in [0.15, 0.2) is 11.5 Å². The lowest BCUT2D eigenvalue weighted by atomic mass is 10.2. The number of rotatable bonds is 8. The summed E-state index contributed by atoms with van der Waals surface area (Å²) in [5.41, 5.74) is 3.97. The second-order valence-corrected chi connectivity index (χ2v) is 7.11. The van der Waals surface area contributed by atoms with Crippen molar-refractivity contribution in [3.63, 3.8) is 0 Å². The number of nitrogens with one attached hydrogen (secondary N) is 2. The molecule has 34 heavy (non-hydrogen) atoms. The Bertz CT molecular complexity index is 1180. The fraction of sp³-hybridized carbons (Fsp3) is 0.238. The number of benzene rings is 2. The number of aromatic nitrogens is 3. The predicted molar refractivity (Wildman–Crippen MR) is 125 cm³/mol. The van der Waals surface area contributed by atoms with Gasteiger partial charge in [0.05, 0.1) is 31.5 Å². The molecule has 1 aliphatic rings. The number of methoxy groups -OCH3 is 1. The highest BCUT2D eigenvalue weighted by Gasteiger charge is 2.17. The number of nitro groups is 1. The van der Waals surface area contributed by atoms with E-state index in [1.807, 2.05) is 4.90 Å². The molecule has 176 valence electrons. The van der Waals surface area contributed by atoms with Crippen molar-refractivity contribution in [1.82, 2.24) is 15.0 Å². The molecule has 2 aromatic carbocycles. The molecule has 3 N–H and O–H groups in total. The number of phenolic OH excluding ortho intramolecular Hbond substituents is 1. The van der Waals surface area contributed by atoms with Gasteiger partial charge in [0.2, 0.25) is 17.8 Å². The summed E-state index contributed by atoms with van der Waals surface area (Å²) in [4.78, 5) is 25.6. The number of non-ortho nitro benzene ring substituents is 1. The van der Waals surface area contributed by atoms with Crippen LogP contribution >= 0.6 is 0 Å². The van der Waals surface area contributed by atoms with Crippen LogP contribution in [0.15, 0.2) is 47.6 Å². The van der Waals surface area contributed by atoms with E-state index in [-0.39, 0.29) is 23.3 Å². The molecule has 0 unspecified atom stereocenters. The fourth-order valence-electron chi connectivity index (χ4n) is 3.12. The summed E-state index contributed by atoms with van der Waals surface area (Å²) in [6.07, 6.45) is 1.50. The topological polar surface area (TPSA) is 160 Å². The second-order valence-electron chi connectivity index (χ2n) is 7.11. The first kappa shape index (κ1) is 22.7. The number of morpholine rings is 1. The van der Waals surface area contributed by atoms with Gasteiger partial charge in [-0.2, -0.15) is 20.1 Å². The summed E-state index contributed by atoms with van der Waals surface area (Å²) in [5, 5.41) is 28.0. The molecular formula is C21H22N8O5. The first-order valence-corrected chi connectivity index (χ1v) is 10.3. The standard InChI is InChI=1S/C21H22N8O5/c1-33-18-7-2-14(12-17(18)30)13-22-27-20-24-19(23-15-3-5-16(6-4-15)29(31)32)25-21(26-20)28-8-10-34-11-9-28/h2-7,12-13,30H,8-11H2,1H3,(H2,23,24,25,26,27)/b22-13+. The molecule has 3 aromatic rings. The minimum atomic E-state index is -0.466. The number of hydrogen-bond acceptors (Lipinski definition) is 12. The maximum atomic E-state index is 10.9.